The van der Waals surface area contributed by atoms with Crippen molar-refractivity contribution in [1.82, 2.24) is 4.98 Å². The molecule has 1 rings (SSSR count). The standard InChI is InChI=1S/C10H12N2O2Si/c1-15(2,3)7-5-9-8-10(12(13)14)4-6-11-9/h4,6,8H,1-3H3. The lowest BCUT2D eigenvalue weighted by atomic mass is 10.3. The molecule has 0 saturated carbocycles. The summed E-state index contributed by atoms with van der Waals surface area (Å²) >= 11 is 0. The number of hydrogen-bond donors (Lipinski definition) is 0. The number of nitro groups is 1. The van der Waals surface area contributed by atoms with Crippen LogP contribution in [0.15, 0.2) is 18.3 Å². The van der Waals surface area contributed by atoms with Crippen molar-refractivity contribution in [2.75, 3.05) is 0 Å². The molecule has 0 aromatic carbocycles. The zero-order valence-electron chi connectivity index (χ0n) is 8.94. The van der Waals surface area contributed by atoms with Crippen LogP contribution < -0.4 is 0 Å². The maximum atomic E-state index is 10.5. The first-order valence-corrected chi connectivity index (χ1v) is 8.02. The van der Waals surface area contributed by atoms with Crippen molar-refractivity contribution in [2.45, 2.75) is 19.6 Å². The van der Waals surface area contributed by atoms with E-state index in [9.17, 15) is 10.1 Å². The van der Waals surface area contributed by atoms with Gasteiger partial charge in [-0.1, -0.05) is 25.6 Å². The topological polar surface area (TPSA) is 56.0 Å². The molecule has 5 heteroatoms. The third kappa shape index (κ3) is 3.91. The summed E-state index contributed by atoms with van der Waals surface area (Å²) in [6.07, 6.45) is 1.41. The molecule has 0 N–H and O–H groups in total. The second-order valence-corrected chi connectivity index (χ2v) is 8.91. The van der Waals surface area contributed by atoms with Crippen LogP contribution in [0.3, 0.4) is 0 Å². The summed E-state index contributed by atoms with van der Waals surface area (Å²) in [6, 6.07) is 2.76. The average molecular weight is 220 g/mol. The van der Waals surface area contributed by atoms with E-state index in [2.05, 4.69) is 36.1 Å². The van der Waals surface area contributed by atoms with Gasteiger partial charge in [0.25, 0.3) is 5.69 Å². The number of rotatable bonds is 1. The molecular weight excluding hydrogens is 208 g/mol. The Kier molecular flexibility index (Phi) is 3.22. The van der Waals surface area contributed by atoms with Crippen LogP contribution in [0.5, 0.6) is 0 Å². The van der Waals surface area contributed by atoms with Gasteiger partial charge in [0, 0.05) is 12.3 Å². The summed E-state index contributed by atoms with van der Waals surface area (Å²) in [4.78, 5) is 14.0. The fourth-order valence-electron chi connectivity index (χ4n) is 0.853. The molecule has 0 saturated heterocycles. The Labute approximate surface area is 89.5 Å². The summed E-state index contributed by atoms with van der Waals surface area (Å²) in [5, 5.41) is 10.5. The highest BCUT2D eigenvalue weighted by Crippen LogP contribution is 2.10. The van der Waals surface area contributed by atoms with Crippen molar-refractivity contribution in [3.63, 3.8) is 0 Å². The fourth-order valence-corrected chi connectivity index (χ4v) is 1.36. The number of hydrogen-bond acceptors (Lipinski definition) is 3. The molecule has 1 heterocycles. The molecular formula is C10H12N2O2Si. The van der Waals surface area contributed by atoms with Crippen LogP contribution in [0.4, 0.5) is 5.69 Å². The van der Waals surface area contributed by atoms with E-state index in [0.29, 0.717) is 5.69 Å². The number of nitrogens with zero attached hydrogens (tertiary/aromatic N) is 2. The predicted molar refractivity (Wildman–Crippen MR) is 61.1 cm³/mol. The molecule has 0 amide bonds. The third-order valence-electron chi connectivity index (χ3n) is 1.52. The maximum absolute atomic E-state index is 10.5. The fraction of sp³-hybridized carbons (Fsp3) is 0.300. The van der Waals surface area contributed by atoms with Crippen molar-refractivity contribution in [3.8, 4) is 11.5 Å². The van der Waals surface area contributed by atoms with E-state index in [1.54, 1.807) is 0 Å². The van der Waals surface area contributed by atoms with E-state index >= 15 is 0 Å². The van der Waals surface area contributed by atoms with Crippen LogP contribution in [0.25, 0.3) is 0 Å². The number of pyridine rings is 1. The molecule has 0 radical (unpaired) electrons. The van der Waals surface area contributed by atoms with Gasteiger partial charge in [-0.05, 0) is 0 Å². The minimum Gasteiger partial charge on any atom is -0.258 e. The Hall–Kier alpha value is -1.67. The quantitative estimate of drug-likeness (QED) is 0.315. The molecule has 0 aliphatic rings. The van der Waals surface area contributed by atoms with Gasteiger partial charge in [0.05, 0.1) is 11.0 Å². The van der Waals surface area contributed by atoms with E-state index in [1.165, 1.54) is 18.3 Å². The third-order valence-corrected chi connectivity index (χ3v) is 2.39. The van der Waals surface area contributed by atoms with Gasteiger partial charge >= 0.3 is 0 Å². The van der Waals surface area contributed by atoms with E-state index in [-0.39, 0.29) is 5.69 Å². The molecule has 1 aromatic rings. The van der Waals surface area contributed by atoms with Crippen LogP contribution in [-0.2, 0) is 0 Å². The highest BCUT2D eigenvalue weighted by Gasteiger charge is 2.09. The first kappa shape index (κ1) is 11.4. The van der Waals surface area contributed by atoms with Crippen LogP contribution in [-0.4, -0.2) is 18.0 Å². The van der Waals surface area contributed by atoms with E-state index in [0.717, 1.165) is 0 Å². The Balaban J connectivity index is 3.00. The molecule has 1 aromatic heterocycles. The summed E-state index contributed by atoms with van der Waals surface area (Å²) < 4.78 is 0. The van der Waals surface area contributed by atoms with Crippen LogP contribution in [0.2, 0.25) is 19.6 Å². The van der Waals surface area contributed by atoms with E-state index in [1.807, 2.05) is 0 Å². The van der Waals surface area contributed by atoms with Crippen molar-refractivity contribution >= 4 is 13.8 Å². The van der Waals surface area contributed by atoms with E-state index in [4.69, 9.17) is 0 Å². The smallest absolute Gasteiger partial charge is 0.258 e. The molecule has 0 bridgehead atoms. The van der Waals surface area contributed by atoms with Gasteiger partial charge in [-0.25, -0.2) is 4.98 Å². The monoisotopic (exact) mass is 220 g/mol. The van der Waals surface area contributed by atoms with Gasteiger partial charge in [-0.2, -0.15) is 0 Å². The zero-order chi connectivity index (χ0) is 11.5. The van der Waals surface area contributed by atoms with Gasteiger partial charge < -0.3 is 0 Å². The minimum absolute atomic E-state index is 0.0323. The molecule has 4 nitrogen and oxygen atoms in total. The van der Waals surface area contributed by atoms with Gasteiger partial charge in [-0.15, -0.1) is 5.54 Å². The number of aromatic nitrogens is 1. The van der Waals surface area contributed by atoms with Crippen LogP contribution >= 0.6 is 0 Å². The molecule has 78 valence electrons. The van der Waals surface area contributed by atoms with Crippen LogP contribution in [0, 0.1) is 21.6 Å². The predicted octanol–water partition coefficient (Wildman–Crippen LogP) is 2.22. The van der Waals surface area contributed by atoms with Gasteiger partial charge in [-0.3, -0.25) is 10.1 Å². The van der Waals surface area contributed by atoms with Crippen molar-refractivity contribution < 1.29 is 4.92 Å². The normalized spacial score (nSPS) is 10.3. The molecule has 0 fully saturated rings. The highest BCUT2D eigenvalue weighted by molar-refractivity contribution is 6.83. The van der Waals surface area contributed by atoms with Crippen molar-refractivity contribution in [1.29, 1.82) is 0 Å². The first-order valence-electron chi connectivity index (χ1n) is 4.52. The summed E-state index contributed by atoms with van der Waals surface area (Å²) in [5.74, 6) is 2.88. The summed E-state index contributed by atoms with van der Waals surface area (Å²) in [5.41, 5.74) is 3.60. The maximum Gasteiger partial charge on any atom is 0.273 e. The molecule has 0 aliphatic carbocycles. The minimum atomic E-state index is -1.46. The molecule has 0 unspecified atom stereocenters. The lowest BCUT2D eigenvalue weighted by molar-refractivity contribution is -0.385. The Morgan fingerprint density at radius 2 is 2.13 bits per heavy atom. The summed E-state index contributed by atoms with van der Waals surface area (Å²) in [7, 11) is -1.46. The van der Waals surface area contributed by atoms with Gasteiger partial charge in [0.2, 0.25) is 0 Å². The van der Waals surface area contributed by atoms with E-state index < -0.39 is 13.0 Å². The largest absolute Gasteiger partial charge is 0.273 e. The molecule has 15 heavy (non-hydrogen) atoms. The lowest BCUT2D eigenvalue weighted by Crippen LogP contribution is -2.16. The zero-order valence-corrected chi connectivity index (χ0v) is 9.94. The summed E-state index contributed by atoms with van der Waals surface area (Å²) in [6.45, 7) is 6.33. The Morgan fingerprint density at radius 1 is 1.47 bits per heavy atom. The van der Waals surface area contributed by atoms with Gasteiger partial charge in [0.15, 0.2) is 0 Å². The van der Waals surface area contributed by atoms with Gasteiger partial charge in [0.1, 0.15) is 13.8 Å². The Bertz CT molecular complexity index is 441. The average Bonchev–Trinajstić information content (AvgIpc) is 2.14. The molecule has 0 aliphatic heterocycles. The lowest BCUT2D eigenvalue weighted by Gasteiger charge is -2.02. The Morgan fingerprint density at radius 3 is 2.67 bits per heavy atom. The SMILES string of the molecule is C[Si](C)(C)C#Cc1cc([N+](=O)[O-])ccn1. The highest BCUT2D eigenvalue weighted by atomic mass is 28.3. The molecule has 0 atom stereocenters. The van der Waals surface area contributed by atoms with Crippen molar-refractivity contribution in [2.24, 2.45) is 0 Å². The second kappa shape index (κ2) is 4.23. The molecule has 0 spiro atoms. The van der Waals surface area contributed by atoms with Crippen LogP contribution in [0.1, 0.15) is 5.69 Å². The first-order chi connectivity index (χ1) is 6.88. The second-order valence-electron chi connectivity index (χ2n) is 4.16. The van der Waals surface area contributed by atoms with Crippen molar-refractivity contribution in [3.05, 3.63) is 34.1 Å².